The third kappa shape index (κ3) is 6.88. The van der Waals surface area contributed by atoms with Crippen LogP contribution in [0.5, 0.6) is 0 Å². The van der Waals surface area contributed by atoms with E-state index in [9.17, 15) is 0 Å². The largest absolute Gasteiger partial charge is 0.376 e. The van der Waals surface area contributed by atoms with E-state index in [1.54, 1.807) is 0 Å². The molecular weight excluding hydrogens is 188 g/mol. The fraction of sp³-hybridized carbons (Fsp3) is 1.00. The normalized spacial score (nSPS) is 18.4. The molecule has 0 aromatic carbocycles. The molecule has 3 nitrogen and oxygen atoms in total. The number of likely N-dealkylation sites (N-methyl/N-ethyl adjacent to an activating group) is 1. The van der Waals surface area contributed by atoms with Crippen molar-refractivity contribution in [3.05, 3.63) is 0 Å². The van der Waals surface area contributed by atoms with Gasteiger partial charge in [0.25, 0.3) is 0 Å². The van der Waals surface area contributed by atoms with Crippen LogP contribution in [0.1, 0.15) is 32.6 Å². The van der Waals surface area contributed by atoms with Crippen LogP contribution in [-0.4, -0.2) is 50.8 Å². The van der Waals surface area contributed by atoms with Crippen LogP contribution in [0.2, 0.25) is 0 Å². The molecule has 0 radical (unpaired) electrons. The molecule has 0 aromatic heterocycles. The Morgan fingerprint density at radius 3 is 2.67 bits per heavy atom. The van der Waals surface area contributed by atoms with E-state index in [0.29, 0.717) is 6.10 Å². The van der Waals surface area contributed by atoms with Crippen LogP contribution in [0.15, 0.2) is 0 Å². The molecule has 3 heteroatoms. The lowest BCUT2D eigenvalue weighted by Gasteiger charge is -2.19. The molecule has 1 atom stereocenters. The second-order valence-corrected chi connectivity index (χ2v) is 4.77. The summed E-state index contributed by atoms with van der Waals surface area (Å²) in [6.07, 6.45) is 5.51. The fourth-order valence-corrected chi connectivity index (χ4v) is 1.55. The molecule has 15 heavy (non-hydrogen) atoms. The van der Waals surface area contributed by atoms with Crippen molar-refractivity contribution in [3.63, 3.8) is 0 Å². The monoisotopic (exact) mass is 214 g/mol. The molecular formula is C12H26N2O. The highest BCUT2D eigenvalue weighted by Crippen LogP contribution is 2.18. The predicted molar refractivity (Wildman–Crippen MR) is 64.2 cm³/mol. The topological polar surface area (TPSA) is 24.5 Å². The first-order chi connectivity index (χ1) is 7.22. The zero-order chi connectivity index (χ0) is 11.1. The van der Waals surface area contributed by atoms with Gasteiger partial charge in [0.2, 0.25) is 0 Å². The summed E-state index contributed by atoms with van der Waals surface area (Å²) in [5.41, 5.74) is 0. The van der Waals surface area contributed by atoms with Crippen LogP contribution in [-0.2, 0) is 4.74 Å². The van der Waals surface area contributed by atoms with Gasteiger partial charge in [-0.1, -0.05) is 13.3 Å². The van der Waals surface area contributed by atoms with Crippen molar-refractivity contribution >= 4 is 0 Å². The molecule has 1 aliphatic rings. The van der Waals surface area contributed by atoms with Gasteiger partial charge in [-0.25, -0.2) is 0 Å². The molecule has 0 bridgehead atoms. The Balaban J connectivity index is 2.05. The zero-order valence-corrected chi connectivity index (χ0v) is 10.5. The van der Waals surface area contributed by atoms with Gasteiger partial charge in [-0.2, -0.15) is 0 Å². The smallest absolute Gasteiger partial charge is 0.0700 e. The van der Waals surface area contributed by atoms with Crippen molar-refractivity contribution < 1.29 is 4.74 Å². The summed E-state index contributed by atoms with van der Waals surface area (Å²) in [5, 5.41) is 3.54. The number of nitrogens with one attached hydrogen (secondary N) is 1. The highest BCUT2D eigenvalue weighted by atomic mass is 16.5. The zero-order valence-electron chi connectivity index (χ0n) is 10.5. The van der Waals surface area contributed by atoms with Crippen LogP contribution >= 0.6 is 0 Å². The summed E-state index contributed by atoms with van der Waals surface area (Å²) < 4.78 is 5.87. The van der Waals surface area contributed by atoms with E-state index in [-0.39, 0.29) is 0 Å². The van der Waals surface area contributed by atoms with Crippen molar-refractivity contribution in [3.8, 4) is 0 Å². The lowest BCUT2D eigenvalue weighted by molar-refractivity contribution is 0.0384. The van der Waals surface area contributed by atoms with E-state index in [4.69, 9.17) is 4.74 Å². The summed E-state index contributed by atoms with van der Waals surface area (Å²) in [5.74, 6) is 0. The molecule has 0 saturated heterocycles. The van der Waals surface area contributed by atoms with Gasteiger partial charge >= 0.3 is 0 Å². The molecule has 0 amide bonds. The van der Waals surface area contributed by atoms with Crippen molar-refractivity contribution in [2.24, 2.45) is 0 Å². The van der Waals surface area contributed by atoms with Crippen LogP contribution in [0, 0.1) is 0 Å². The van der Waals surface area contributed by atoms with E-state index in [0.717, 1.165) is 25.7 Å². The lowest BCUT2D eigenvalue weighted by Crippen LogP contribution is -2.32. The van der Waals surface area contributed by atoms with E-state index >= 15 is 0 Å². The average molecular weight is 214 g/mol. The molecule has 0 spiro atoms. The molecule has 90 valence electrons. The second-order valence-electron chi connectivity index (χ2n) is 4.77. The summed E-state index contributed by atoms with van der Waals surface area (Å²) in [6.45, 7) is 5.12. The Bertz CT molecular complexity index is 158. The highest BCUT2D eigenvalue weighted by molar-refractivity contribution is 4.82. The summed E-state index contributed by atoms with van der Waals surface area (Å²) >= 11 is 0. The van der Waals surface area contributed by atoms with Crippen LogP contribution in [0.4, 0.5) is 0 Å². The molecule has 0 aromatic rings. The van der Waals surface area contributed by atoms with Crippen LogP contribution in [0.3, 0.4) is 0 Å². The van der Waals surface area contributed by atoms with Gasteiger partial charge in [0.15, 0.2) is 0 Å². The van der Waals surface area contributed by atoms with E-state index in [1.807, 2.05) is 0 Å². The molecule has 1 fully saturated rings. The van der Waals surface area contributed by atoms with Crippen molar-refractivity contribution in [2.45, 2.75) is 44.8 Å². The minimum absolute atomic E-state index is 0.413. The predicted octanol–water partition coefficient (Wildman–Crippen LogP) is 1.49. The Morgan fingerprint density at radius 1 is 1.40 bits per heavy atom. The van der Waals surface area contributed by atoms with Gasteiger partial charge in [-0.05, 0) is 33.4 Å². The first-order valence-electron chi connectivity index (χ1n) is 6.22. The van der Waals surface area contributed by atoms with E-state index < -0.39 is 0 Å². The lowest BCUT2D eigenvalue weighted by atomic mass is 10.2. The molecule has 1 saturated carbocycles. The van der Waals surface area contributed by atoms with Gasteiger partial charge in [0, 0.05) is 19.1 Å². The third-order valence-electron chi connectivity index (χ3n) is 2.71. The Kier molecular flexibility index (Phi) is 6.22. The number of hydrogen-bond acceptors (Lipinski definition) is 3. The molecule has 0 heterocycles. The summed E-state index contributed by atoms with van der Waals surface area (Å²) in [4.78, 5) is 2.16. The average Bonchev–Trinajstić information content (AvgIpc) is 2.97. The summed E-state index contributed by atoms with van der Waals surface area (Å²) in [7, 11) is 4.17. The van der Waals surface area contributed by atoms with Gasteiger partial charge in [0.1, 0.15) is 0 Å². The highest BCUT2D eigenvalue weighted by Gasteiger charge is 2.21. The third-order valence-corrected chi connectivity index (χ3v) is 2.71. The van der Waals surface area contributed by atoms with Gasteiger partial charge in [-0.15, -0.1) is 0 Å². The molecule has 1 rings (SSSR count). The van der Waals surface area contributed by atoms with Crippen LogP contribution < -0.4 is 5.32 Å². The minimum Gasteiger partial charge on any atom is -0.376 e. The molecule has 0 aliphatic heterocycles. The number of ether oxygens (including phenoxy) is 1. The quantitative estimate of drug-likeness (QED) is 0.629. The van der Waals surface area contributed by atoms with Gasteiger partial charge in [0.05, 0.1) is 12.7 Å². The standard InChI is InChI=1S/C12H26N2O/c1-4-5-12(10-13-11-6-7-11)15-9-8-14(2)3/h11-13H,4-10H2,1-3H3. The molecule has 1 unspecified atom stereocenters. The SMILES string of the molecule is CCCC(CNC1CC1)OCCN(C)C. The maximum Gasteiger partial charge on any atom is 0.0700 e. The maximum absolute atomic E-state index is 5.87. The molecule has 1 N–H and O–H groups in total. The minimum atomic E-state index is 0.413. The number of rotatable bonds is 9. The first-order valence-corrected chi connectivity index (χ1v) is 6.22. The second kappa shape index (κ2) is 7.20. The van der Waals surface area contributed by atoms with E-state index in [1.165, 1.54) is 25.7 Å². The first kappa shape index (κ1) is 12.9. The summed E-state index contributed by atoms with van der Waals surface area (Å²) in [6, 6.07) is 0.793. The van der Waals surface area contributed by atoms with Gasteiger partial charge in [-0.3, -0.25) is 0 Å². The van der Waals surface area contributed by atoms with E-state index in [2.05, 4.69) is 31.2 Å². The number of nitrogens with zero attached hydrogens (tertiary/aromatic N) is 1. The Labute approximate surface area is 94.2 Å². The van der Waals surface area contributed by atoms with Gasteiger partial charge < -0.3 is 15.0 Å². The molecule has 1 aliphatic carbocycles. The maximum atomic E-state index is 5.87. The van der Waals surface area contributed by atoms with Crippen LogP contribution in [0.25, 0.3) is 0 Å². The Hall–Kier alpha value is -0.120. The number of hydrogen-bond donors (Lipinski definition) is 1. The van der Waals surface area contributed by atoms with Crippen molar-refractivity contribution in [1.82, 2.24) is 10.2 Å². The fourth-order valence-electron chi connectivity index (χ4n) is 1.55. The van der Waals surface area contributed by atoms with Crippen molar-refractivity contribution in [2.75, 3.05) is 33.8 Å². The Morgan fingerprint density at radius 2 is 2.13 bits per heavy atom. The van der Waals surface area contributed by atoms with Crippen molar-refractivity contribution in [1.29, 1.82) is 0 Å².